The van der Waals surface area contributed by atoms with E-state index >= 15 is 0 Å². The molecule has 27 heavy (non-hydrogen) atoms. The van der Waals surface area contributed by atoms with Crippen molar-refractivity contribution in [1.82, 2.24) is 9.62 Å². The van der Waals surface area contributed by atoms with E-state index in [1.165, 1.54) is 6.42 Å². The van der Waals surface area contributed by atoms with Crippen LogP contribution in [0.3, 0.4) is 0 Å². The van der Waals surface area contributed by atoms with Crippen LogP contribution < -0.4 is 9.46 Å². The molecule has 0 aliphatic carbocycles. The van der Waals surface area contributed by atoms with Gasteiger partial charge in [0, 0.05) is 16.6 Å². The van der Waals surface area contributed by atoms with E-state index in [1.807, 2.05) is 24.3 Å². The topological polar surface area (TPSA) is 58.6 Å². The highest BCUT2D eigenvalue weighted by Crippen LogP contribution is 2.31. The number of rotatable bonds is 7. The number of hydrogen-bond donors (Lipinski definition) is 1. The summed E-state index contributed by atoms with van der Waals surface area (Å²) >= 11 is 3.33. The average Bonchev–Trinajstić information content (AvgIpc) is 2.69. The van der Waals surface area contributed by atoms with E-state index in [0.29, 0.717) is 11.0 Å². The van der Waals surface area contributed by atoms with Crippen LogP contribution in [0.1, 0.15) is 30.9 Å². The average molecular weight is 453 g/mol. The Hall–Kier alpha value is -1.41. The predicted octanol–water partition coefficient (Wildman–Crippen LogP) is 3.96. The molecule has 1 aliphatic rings. The zero-order valence-corrected chi connectivity index (χ0v) is 17.8. The molecule has 2 aromatic rings. The molecule has 0 spiro atoms. The third-order valence-corrected chi connectivity index (χ3v) is 7.36. The van der Waals surface area contributed by atoms with Gasteiger partial charge in [-0.05, 0) is 60.1 Å². The van der Waals surface area contributed by atoms with Gasteiger partial charge in [-0.2, -0.15) is 0 Å². The first-order valence-corrected chi connectivity index (χ1v) is 11.4. The molecule has 5 nitrogen and oxygen atoms in total. The fourth-order valence-corrected chi connectivity index (χ4v) is 5.58. The quantitative estimate of drug-likeness (QED) is 0.690. The van der Waals surface area contributed by atoms with Crippen molar-refractivity contribution in [2.45, 2.75) is 30.2 Å². The van der Waals surface area contributed by atoms with Crippen LogP contribution in [0, 0.1) is 0 Å². The molecule has 0 radical (unpaired) electrons. The second kappa shape index (κ2) is 9.19. The van der Waals surface area contributed by atoms with Crippen LogP contribution >= 0.6 is 15.9 Å². The lowest BCUT2D eigenvalue weighted by Crippen LogP contribution is -2.40. The SMILES string of the molecule is COc1ccccc1C(CNS(=O)(=O)c1ccccc1Br)N1CCCCC1. The number of piperidine rings is 1. The van der Waals surface area contributed by atoms with Crippen molar-refractivity contribution in [3.63, 3.8) is 0 Å². The van der Waals surface area contributed by atoms with E-state index in [9.17, 15) is 8.42 Å². The first-order chi connectivity index (χ1) is 13.0. The summed E-state index contributed by atoms with van der Waals surface area (Å²) in [5.74, 6) is 0.785. The molecule has 7 heteroatoms. The van der Waals surface area contributed by atoms with Gasteiger partial charge in [0.1, 0.15) is 5.75 Å². The van der Waals surface area contributed by atoms with E-state index in [-0.39, 0.29) is 10.9 Å². The molecule has 0 saturated carbocycles. The van der Waals surface area contributed by atoms with Gasteiger partial charge in [-0.15, -0.1) is 0 Å². The number of likely N-dealkylation sites (tertiary alicyclic amines) is 1. The maximum absolute atomic E-state index is 12.8. The number of benzene rings is 2. The first kappa shape index (κ1) is 20.3. The van der Waals surface area contributed by atoms with Crippen LogP contribution in [0.15, 0.2) is 57.9 Å². The Kier molecular flexibility index (Phi) is 6.92. The van der Waals surface area contributed by atoms with Gasteiger partial charge in [0.05, 0.1) is 18.0 Å². The van der Waals surface area contributed by atoms with Crippen molar-refractivity contribution in [1.29, 1.82) is 0 Å². The van der Waals surface area contributed by atoms with Gasteiger partial charge in [0.2, 0.25) is 10.0 Å². The number of nitrogens with zero attached hydrogens (tertiary/aromatic N) is 1. The Balaban J connectivity index is 1.86. The van der Waals surface area contributed by atoms with Crippen LogP contribution in [0.2, 0.25) is 0 Å². The fraction of sp³-hybridized carbons (Fsp3) is 0.400. The van der Waals surface area contributed by atoms with Crippen molar-refractivity contribution in [3.05, 3.63) is 58.6 Å². The number of hydrogen-bond acceptors (Lipinski definition) is 4. The standard InChI is InChI=1S/C20H25BrN2O3S/c1-26-19-11-5-3-9-16(19)18(23-13-7-2-8-14-23)15-22-27(24,25)20-12-6-4-10-17(20)21/h3-6,9-12,18,22H,2,7-8,13-15H2,1H3. The van der Waals surface area contributed by atoms with E-state index in [2.05, 4.69) is 25.6 Å². The number of ether oxygens (including phenoxy) is 1. The maximum Gasteiger partial charge on any atom is 0.241 e. The Labute approximate surface area is 169 Å². The van der Waals surface area contributed by atoms with Gasteiger partial charge in [0.15, 0.2) is 0 Å². The minimum atomic E-state index is -3.62. The van der Waals surface area contributed by atoms with Gasteiger partial charge in [0.25, 0.3) is 0 Å². The summed E-state index contributed by atoms with van der Waals surface area (Å²) in [5.41, 5.74) is 1.01. The summed E-state index contributed by atoms with van der Waals surface area (Å²) in [5, 5.41) is 0. The molecule has 1 aliphatic heterocycles. The number of methoxy groups -OCH3 is 1. The molecule has 2 aromatic carbocycles. The van der Waals surface area contributed by atoms with Crippen molar-refractivity contribution in [2.24, 2.45) is 0 Å². The van der Waals surface area contributed by atoms with Crippen LogP contribution in [0.5, 0.6) is 5.75 Å². The lowest BCUT2D eigenvalue weighted by atomic mass is 10.0. The summed E-state index contributed by atoms with van der Waals surface area (Å²) in [4.78, 5) is 2.60. The van der Waals surface area contributed by atoms with Gasteiger partial charge >= 0.3 is 0 Å². The maximum atomic E-state index is 12.8. The summed E-state index contributed by atoms with van der Waals surface area (Å²) < 4.78 is 34.6. The van der Waals surface area contributed by atoms with Crippen LogP contribution in [0.25, 0.3) is 0 Å². The molecule has 1 saturated heterocycles. The van der Waals surface area contributed by atoms with Crippen molar-refractivity contribution < 1.29 is 13.2 Å². The number of para-hydroxylation sites is 1. The Morgan fingerprint density at radius 2 is 1.74 bits per heavy atom. The molecular formula is C20H25BrN2O3S. The molecule has 0 amide bonds. The molecule has 1 heterocycles. The molecular weight excluding hydrogens is 428 g/mol. The highest BCUT2D eigenvalue weighted by atomic mass is 79.9. The summed E-state index contributed by atoms with van der Waals surface area (Å²) in [6, 6.07) is 14.6. The minimum Gasteiger partial charge on any atom is -0.496 e. The third kappa shape index (κ3) is 4.90. The van der Waals surface area contributed by atoms with Gasteiger partial charge < -0.3 is 4.74 Å². The smallest absolute Gasteiger partial charge is 0.241 e. The molecule has 1 unspecified atom stereocenters. The molecule has 1 N–H and O–H groups in total. The predicted molar refractivity (Wildman–Crippen MR) is 110 cm³/mol. The van der Waals surface area contributed by atoms with Crippen LogP contribution in [-0.4, -0.2) is 40.1 Å². The number of halogens is 1. The van der Waals surface area contributed by atoms with E-state index in [4.69, 9.17) is 4.74 Å². The Bertz CT molecular complexity index is 867. The van der Waals surface area contributed by atoms with Crippen molar-refractivity contribution in [2.75, 3.05) is 26.7 Å². The Morgan fingerprint density at radius 3 is 2.44 bits per heavy atom. The van der Waals surface area contributed by atoms with Gasteiger partial charge in [-0.3, -0.25) is 4.90 Å². The fourth-order valence-electron chi connectivity index (χ4n) is 3.54. The van der Waals surface area contributed by atoms with Crippen LogP contribution in [0.4, 0.5) is 0 Å². The minimum absolute atomic E-state index is 0.0706. The van der Waals surface area contributed by atoms with E-state index < -0.39 is 10.0 Å². The lowest BCUT2D eigenvalue weighted by Gasteiger charge is -2.35. The van der Waals surface area contributed by atoms with Crippen molar-refractivity contribution >= 4 is 26.0 Å². The van der Waals surface area contributed by atoms with Crippen molar-refractivity contribution in [3.8, 4) is 5.75 Å². The Morgan fingerprint density at radius 1 is 1.07 bits per heavy atom. The molecule has 0 bridgehead atoms. The molecule has 146 valence electrons. The molecule has 1 fully saturated rings. The summed E-state index contributed by atoms with van der Waals surface area (Å²) in [7, 11) is -1.97. The number of nitrogens with one attached hydrogen (secondary N) is 1. The zero-order valence-electron chi connectivity index (χ0n) is 15.4. The second-order valence-corrected chi connectivity index (χ2v) is 9.23. The number of sulfonamides is 1. The van der Waals surface area contributed by atoms with Gasteiger partial charge in [-0.1, -0.05) is 36.8 Å². The largest absolute Gasteiger partial charge is 0.496 e. The third-order valence-electron chi connectivity index (χ3n) is 4.92. The van der Waals surface area contributed by atoms with E-state index in [1.54, 1.807) is 31.4 Å². The lowest BCUT2D eigenvalue weighted by molar-refractivity contribution is 0.162. The van der Waals surface area contributed by atoms with E-state index in [0.717, 1.165) is 37.2 Å². The van der Waals surface area contributed by atoms with Gasteiger partial charge in [-0.25, -0.2) is 13.1 Å². The second-order valence-electron chi connectivity index (χ2n) is 6.64. The van der Waals surface area contributed by atoms with Crippen LogP contribution in [-0.2, 0) is 10.0 Å². The highest BCUT2D eigenvalue weighted by Gasteiger charge is 2.27. The first-order valence-electron chi connectivity index (χ1n) is 9.14. The summed E-state index contributed by atoms with van der Waals surface area (Å²) in [6.45, 7) is 2.21. The highest BCUT2D eigenvalue weighted by molar-refractivity contribution is 9.10. The molecule has 0 aromatic heterocycles. The zero-order chi connectivity index (χ0) is 19.3. The normalized spacial score (nSPS) is 16.8. The molecule has 1 atom stereocenters. The monoisotopic (exact) mass is 452 g/mol. The molecule has 3 rings (SSSR count). The summed E-state index contributed by atoms with van der Waals surface area (Å²) in [6.07, 6.45) is 3.48.